The zero-order valence-electron chi connectivity index (χ0n) is 18.8. The molecule has 9 heteroatoms. The number of rotatable bonds is 8. The second-order valence-electron chi connectivity index (χ2n) is 8.01. The van der Waals surface area contributed by atoms with Crippen molar-refractivity contribution in [3.63, 3.8) is 0 Å². The maximum Gasteiger partial charge on any atom is 0.311 e. The summed E-state index contributed by atoms with van der Waals surface area (Å²) < 4.78 is 17.9. The molecule has 0 aromatic heterocycles. The van der Waals surface area contributed by atoms with Gasteiger partial charge in [0.25, 0.3) is 5.91 Å². The second kappa shape index (κ2) is 11.1. The summed E-state index contributed by atoms with van der Waals surface area (Å²) >= 11 is 9.80. The molecule has 0 radical (unpaired) electrons. The van der Waals surface area contributed by atoms with Gasteiger partial charge in [0.2, 0.25) is 0 Å². The van der Waals surface area contributed by atoms with Crippen LogP contribution in [0.5, 0.6) is 17.2 Å². The van der Waals surface area contributed by atoms with E-state index >= 15 is 0 Å². The average Bonchev–Trinajstić information content (AvgIpc) is 2.84. The summed E-state index contributed by atoms with van der Waals surface area (Å²) in [5.74, 6) is -0.620. The number of ether oxygens (including phenoxy) is 3. The van der Waals surface area contributed by atoms with Gasteiger partial charge in [-0.1, -0.05) is 39.7 Å². The largest absolute Gasteiger partial charge is 0.493 e. The summed E-state index contributed by atoms with van der Waals surface area (Å²) in [4.78, 5) is 24.2. The fraction of sp³-hybridized carbons (Fsp3) is 0.231. The zero-order chi connectivity index (χ0) is 24.9. The number of amides is 1. The Morgan fingerprint density at radius 3 is 2.66 bits per heavy atom. The summed E-state index contributed by atoms with van der Waals surface area (Å²) in [5.41, 5.74) is 2.00. The Morgan fingerprint density at radius 1 is 1.20 bits per heavy atom. The highest BCUT2D eigenvalue weighted by Gasteiger charge is 2.29. The molecule has 2 N–H and O–H groups in total. The van der Waals surface area contributed by atoms with Gasteiger partial charge in [-0.05, 0) is 54.4 Å². The summed E-state index contributed by atoms with van der Waals surface area (Å²) in [6.45, 7) is 0.304. The predicted molar refractivity (Wildman–Crippen MR) is 135 cm³/mol. The van der Waals surface area contributed by atoms with E-state index in [0.717, 1.165) is 10.0 Å². The maximum atomic E-state index is 12.7. The highest BCUT2D eigenvalue weighted by atomic mass is 79.9. The van der Waals surface area contributed by atoms with E-state index in [-0.39, 0.29) is 10.9 Å². The first-order valence-electron chi connectivity index (χ1n) is 10.9. The Morgan fingerprint density at radius 2 is 1.97 bits per heavy atom. The standard InChI is InChI=1S/C26H23BrClNO6/c1-33-24(12-15-3-2-4-17(27)11-15)29-25(30)16-5-7-18(8-6-16)35-23-14-22-20(13-21(23)28)19(26(31)32)9-10-34-22/h2-8,11,13-14,19,24H,9-10,12H2,1H3,(H,29,30)(H,31,32). The van der Waals surface area contributed by atoms with E-state index in [0.29, 0.717) is 47.8 Å². The van der Waals surface area contributed by atoms with Gasteiger partial charge in [0.15, 0.2) is 0 Å². The lowest BCUT2D eigenvalue weighted by Crippen LogP contribution is -2.37. The average molecular weight is 561 g/mol. The molecule has 2 atom stereocenters. The number of carboxylic acid groups (broad SMARTS) is 1. The van der Waals surface area contributed by atoms with Crippen LogP contribution in [0.2, 0.25) is 5.02 Å². The lowest BCUT2D eigenvalue weighted by Gasteiger charge is -2.24. The summed E-state index contributed by atoms with van der Waals surface area (Å²) in [7, 11) is 1.55. The minimum atomic E-state index is -0.916. The van der Waals surface area contributed by atoms with Crippen molar-refractivity contribution in [2.75, 3.05) is 13.7 Å². The first kappa shape index (κ1) is 25.0. The molecule has 3 aromatic carbocycles. The monoisotopic (exact) mass is 559 g/mol. The van der Waals surface area contributed by atoms with E-state index in [1.807, 2.05) is 24.3 Å². The quantitative estimate of drug-likeness (QED) is 0.339. The van der Waals surface area contributed by atoms with Crippen molar-refractivity contribution in [1.29, 1.82) is 0 Å². The van der Waals surface area contributed by atoms with Crippen LogP contribution in [0.4, 0.5) is 0 Å². The van der Waals surface area contributed by atoms with Gasteiger partial charge in [0, 0.05) is 35.2 Å². The Labute approximate surface area is 216 Å². The molecule has 2 unspecified atom stereocenters. The van der Waals surface area contributed by atoms with E-state index < -0.39 is 18.1 Å². The van der Waals surface area contributed by atoms with Crippen LogP contribution in [0.25, 0.3) is 0 Å². The molecule has 182 valence electrons. The topological polar surface area (TPSA) is 94.1 Å². The number of carbonyl (C=O) groups is 2. The fourth-order valence-electron chi connectivity index (χ4n) is 3.83. The van der Waals surface area contributed by atoms with Crippen LogP contribution in [0, 0.1) is 0 Å². The number of nitrogens with one attached hydrogen (secondary N) is 1. The molecular weight excluding hydrogens is 538 g/mol. The highest BCUT2D eigenvalue weighted by molar-refractivity contribution is 9.10. The number of aliphatic carboxylic acids is 1. The van der Waals surface area contributed by atoms with E-state index in [1.165, 1.54) is 0 Å². The van der Waals surface area contributed by atoms with Crippen LogP contribution in [0.1, 0.15) is 33.8 Å². The van der Waals surface area contributed by atoms with Gasteiger partial charge in [-0.2, -0.15) is 0 Å². The number of hydrogen-bond acceptors (Lipinski definition) is 5. The van der Waals surface area contributed by atoms with E-state index in [1.54, 1.807) is 43.5 Å². The van der Waals surface area contributed by atoms with E-state index in [2.05, 4.69) is 21.2 Å². The number of methoxy groups -OCH3 is 1. The van der Waals surface area contributed by atoms with Crippen LogP contribution in [0.3, 0.4) is 0 Å². The van der Waals surface area contributed by atoms with Crippen molar-refractivity contribution in [3.05, 3.63) is 86.8 Å². The predicted octanol–water partition coefficient (Wildman–Crippen LogP) is 5.79. The molecule has 0 saturated carbocycles. The second-order valence-corrected chi connectivity index (χ2v) is 9.33. The van der Waals surface area contributed by atoms with Crippen molar-refractivity contribution >= 4 is 39.4 Å². The number of fused-ring (bicyclic) bond motifs is 1. The lowest BCUT2D eigenvalue weighted by atomic mass is 9.93. The van der Waals surface area contributed by atoms with Gasteiger partial charge < -0.3 is 24.6 Å². The molecule has 0 saturated heterocycles. The summed E-state index contributed by atoms with van der Waals surface area (Å²) in [5, 5.41) is 12.6. The molecule has 0 fully saturated rings. The number of halogens is 2. The van der Waals surface area contributed by atoms with Crippen molar-refractivity contribution < 1.29 is 28.9 Å². The lowest BCUT2D eigenvalue weighted by molar-refractivity contribution is -0.139. The molecule has 1 aliphatic heterocycles. The molecule has 1 amide bonds. The maximum absolute atomic E-state index is 12.7. The Balaban J connectivity index is 1.42. The molecular formula is C26H23BrClNO6. The number of hydrogen-bond donors (Lipinski definition) is 2. The molecule has 4 rings (SSSR count). The van der Waals surface area contributed by atoms with Gasteiger partial charge in [-0.15, -0.1) is 0 Å². The van der Waals surface area contributed by atoms with Gasteiger partial charge in [0.1, 0.15) is 23.5 Å². The summed E-state index contributed by atoms with van der Waals surface area (Å²) in [6, 6.07) is 17.6. The molecule has 0 spiro atoms. The van der Waals surface area contributed by atoms with E-state index in [9.17, 15) is 14.7 Å². The van der Waals surface area contributed by atoms with Crippen LogP contribution >= 0.6 is 27.5 Å². The Kier molecular flexibility index (Phi) is 7.95. The molecule has 3 aromatic rings. The van der Waals surface area contributed by atoms with Gasteiger partial charge in [0.05, 0.1) is 17.5 Å². The minimum Gasteiger partial charge on any atom is -0.493 e. The number of carbonyl (C=O) groups excluding carboxylic acids is 1. The fourth-order valence-corrected chi connectivity index (χ4v) is 4.48. The first-order chi connectivity index (χ1) is 16.8. The smallest absolute Gasteiger partial charge is 0.311 e. The van der Waals surface area contributed by atoms with Crippen molar-refractivity contribution in [2.45, 2.75) is 25.0 Å². The van der Waals surface area contributed by atoms with Crippen LogP contribution in [-0.4, -0.2) is 36.9 Å². The molecule has 0 aliphatic carbocycles. The van der Waals surface area contributed by atoms with Crippen molar-refractivity contribution in [1.82, 2.24) is 5.32 Å². The van der Waals surface area contributed by atoms with Crippen molar-refractivity contribution in [3.8, 4) is 17.2 Å². The molecule has 7 nitrogen and oxygen atoms in total. The van der Waals surface area contributed by atoms with Crippen LogP contribution in [0.15, 0.2) is 65.1 Å². The van der Waals surface area contributed by atoms with Gasteiger partial charge in [-0.25, -0.2) is 0 Å². The Hall–Kier alpha value is -3.07. The van der Waals surface area contributed by atoms with Crippen molar-refractivity contribution in [2.24, 2.45) is 0 Å². The van der Waals surface area contributed by atoms with Gasteiger partial charge in [-0.3, -0.25) is 9.59 Å². The molecule has 0 bridgehead atoms. The normalized spacial score (nSPS) is 15.5. The SMILES string of the molecule is COC(Cc1cccc(Br)c1)NC(=O)c1ccc(Oc2cc3c(cc2Cl)C(C(=O)O)CCO3)cc1. The van der Waals surface area contributed by atoms with Crippen LogP contribution < -0.4 is 14.8 Å². The molecule has 35 heavy (non-hydrogen) atoms. The zero-order valence-corrected chi connectivity index (χ0v) is 21.1. The van der Waals surface area contributed by atoms with Crippen LogP contribution in [-0.2, 0) is 16.0 Å². The third kappa shape index (κ3) is 6.14. The molecule has 1 aliphatic rings. The highest BCUT2D eigenvalue weighted by Crippen LogP contribution is 2.41. The third-order valence-electron chi connectivity index (χ3n) is 5.63. The number of carboxylic acids is 1. The third-order valence-corrected chi connectivity index (χ3v) is 6.42. The van der Waals surface area contributed by atoms with E-state index in [4.69, 9.17) is 25.8 Å². The molecule has 1 heterocycles. The number of benzene rings is 3. The van der Waals surface area contributed by atoms with Gasteiger partial charge >= 0.3 is 5.97 Å². The first-order valence-corrected chi connectivity index (χ1v) is 12.1. The summed E-state index contributed by atoms with van der Waals surface area (Å²) in [6.07, 6.45) is 0.413. The minimum absolute atomic E-state index is 0.276. The Bertz CT molecular complexity index is 1230.